The fourth-order valence-corrected chi connectivity index (χ4v) is 1.60. The molecule has 2 rings (SSSR count). The number of carbonyl (C=O) groups is 1. The number of H-pyrrole nitrogens is 1. The molecular weight excluding hydrogens is 312 g/mol. The standard InChI is InChI=1S/C12H10N4O7/c1-7-10(14-11(13-7)16(20)21)6-22-12(17)23-9-4-2-8(3-5-9)15(18)19/h2-5H,6H2,1H3,(H,13,14). The average Bonchev–Trinajstić information content (AvgIpc) is 2.87. The van der Waals surface area contributed by atoms with Crippen LogP contribution >= 0.6 is 0 Å². The highest BCUT2D eigenvalue weighted by atomic mass is 16.7. The molecule has 1 heterocycles. The molecule has 0 fully saturated rings. The Bertz CT molecular complexity index is 753. The third kappa shape index (κ3) is 4.00. The Morgan fingerprint density at radius 2 is 1.87 bits per heavy atom. The monoisotopic (exact) mass is 322 g/mol. The van der Waals surface area contributed by atoms with Crippen LogP contribution in [0.5, 0.6) is 5.75 Å². The second-order valence-corrected chi connectivity index (χ2v) is 4.28. The van der Waals surface area contributed by atoms with E-state index >= 15 is 0 Å². The third-order valence-electron chi connectivity index (χ3n) is 2.72. The fraction of sp³-hybridized carbons (Fsp3) is 0.167. The topological polar surface area (TPSA) is 150 Å². The molecule has 0 aliphatic carbocycles. The first-order chi connectivity index (χ1) is 10.9. The number of ether oxygens (including phenoxy) is 2. The number of nitro groups is 2. The van der Waals surface area contributed by atoms with Crippen molar-refractivity contribution in [2.24, 2.45) is 0 Å². The van der Waals surface area contributed by atoms with Gasteiger partial charge in [0, 0.05) is 12.1 Å². The summed E-state index contributed by atoms with van der Waals surface area (Å²) in [6.45, 7) is 1.22. The van der Waals surface area contributed by atoms with Gasteiger partial charge >= 0.3 is 12.1 Å². The summed E-state index contributed by atoms with van der Waals surface area (Å²) >= 11 is 0. The molecule has 0 spiro atoms. The summed E-state index contributed by atoms with van der Waals surface area (Å²) in [5, 5.41) is 21.0. The molecule has 0 saturated heterocycles. The summed E-state index contributed by atoms with van der Waals surface area (Å²) in [7, 11) is 0. The highest BCUT2D eigenvalue weighted by molar-refractivity contribution is 5.64. The minimum absolute atomic E-state index is 0.0605. The summed E-state index contributed by atoms with van der Waals surface area (Å²) in [4.78, 5) is 37.3. The minimum atomic E-state index is -1.07. The summed E-state index contributed by atoms with van der Waals surface area (Å²) in [5.74, 6) is -0.393. The molecule has 0 saturated carbocycles. The van der Waals surface area contributed by atoms with Crippen molar-refractivity contribution in [3.8, 4) is 5.75 Å². The number of aryl methyl sites for hydroxylation is 1. The van der Waals surface area contributed by atoms with Crippen molar-refractivity contribution in [3.05, 3.63) is 55.9 Å². The first-order valence-electron chi connectivity index (χ1n) is 6.15. The Balaban J connectivity index is 1.92. The molecule has 1 N–H and O–H groups in total. The quantitative estimate of drug-likeness (QED) is 0.381. The molecule has 0 unspecified atom stereocenters. The summed E-state index contributed by atoms with van der Waals surface area (Å²) in [5.41, 5.74) is 0.433. The number of non-ortho nitro benzene ring substituents is 1. The van der Waals surface area contributed by atoms with Crippen LogP contribution in [0.4, 0.5) is 16.4 Å². The molecule has 0 atom stereocenters. The molecular formula is C12H10N4O7. The van der Waals surface area contributed by atoms with Crippen molar-refractivity contribution in [1.82, 2.24) is 9.97 Å². The molecule has 1 aromatic heterocycles. The Morgan fingerprint density at radius 3 is 2.39 bits per heavy atom. The number of hydrogen-bond acceptors (Lipinski definition) is 8. The van der Waals surface area contributed by atoms with E-state index in [1.54, 1.807) is 6.92 Å². The van der Waals surface area contributed by atoms with Crippen LogP contribution in [0.15, 0.2) is 24.3 Å². The second kappa shape index (κ2) is 6.51. The zero-order valence-corrected chi connectivity index (χ0v) is 11.7. The van der Waals surface area contributed by atoms with Gasteiger partial charge in [-0.05, 0) is 24.0 Å². The number of aromatic nitrogens is 2. The molecule has 0 amide bonds. The second-order valence-electron chi connectivity index (χ2n) is 4.28. The number of carbonyl (C=O) groups excluding carboxylic acids is 1. The Hall–Kier alpha value is -3.50. The molecule has 0 aliphatic rings. The largest absolute Gasteiger partial charge is 0.514 e. The maximum atomic E-state index is 11.5. The zero-order valence-electron chi connectivity index (χ0n) is 11.7. The first-order valence-corrected chi connectivity index (χ1v) is 6.15. The lowest BCUT2D eigenvalue weighted by atomic mass is 10.3. The summed E-state index contributed by atoms with van der Waals surface area (Å²) in [6.07, 6.45) is -1.07. The van der Waals surface area contributed by atoms with Gasteiger partial charge in [0.2, 0.25) is 0 Å². The van der Waals surface area contributed by atoms with Gasteiger partial charge in [-0.25, -0.2) is 9.78 Å². The zero-order chi connectivity index (χ0) is 17.0. The number of nitrogens with one attached hydrogen (secondary N) is 1. The number of rotatable bonds is 5. The van der Waals surface area contributed by atoms with Crippen LogP contribution < -0.4 is 4.74 Å². The van der Waals surface area contributed by atoms with Crippen LogP contribution in [0.1, 0.15) is 11.4 Å². The Kier molecular flexibility index (Phi) is 4.50. The van der Waals surface area contributed by atoms with Gasteiger partial charge in [-0.3, -0.25) is 10.1 Å². The van der Waals surface area contributed by atoms with E-state index < -0.39 is 22.0 Å². The molecule has 11 nitrogen and oxygen atoms in total. The van der Waals surface area contributed by atoms with E-state index in [0.29, 0.717) is 5.69 Å². The fourth-order valence-electron chi connectivity index (χ4n) is 1.60. The Morgan fingerprint density at radius 1 is 1.22 bits per heavy atom. The number of imidazole rings is 1. The van der Waals surface area contributed by atoms with Crippen molar-refractivity contribution < 1.29 is 24.1 Å². The van der Waals surface area contributed by atoms with Crippen molar-refractivity contribution in [2.45, 2.75) is 13.5 Å². The van der Waals surface area contributed by atoms with Gasteiger partial charge in [0.05, 0.1) is 4.92 Å². The maximum Gasteiger partial charge on any atom is 0.514 e. The van der Waals surface area contributed by atoms with Crippen LogP contribution in [0.2, 0.25) is 0 Å². The van der Waals surface area contributed by atoms with Crippen LogP contribution in [0.3, 0.4) is 0 Å². The van der Waals surface area contributed by atoms with Crippen molar-refractivity contribution in [2.75, 3.05) is 0 Å². The van der Waals surface area contributed by atoms with E-state index in [0.717, 1.165) is 0 Å². The van der Waals surface area contributed by atoms with E-state index in [9.17, 15) is 25.0 Å². The third-order valence-corrected chi connectivity index (χ3v) is 2.72. The number of nitrogens with zero attached hydrogens (tertiary/aromatic N) is 3. The van der Waals surface area contributed by atoms with E-state index in [2.05, 4.69) is 9.97 Å². The molecule has 0 bridgehead atoms. The summed E-state index contributed by atoms with van der Waals surface area (Å²) < 4.78 is 9.59. The van der Waals surface area contributed by atoms with E-state index in [1.807, 2.05) is 0 Å². The number of benzene rings is 1. The normalized spacial score (nSPS) is 10.1. The molecule has 1 aromatic carbocycles. The number of aromatic amines is 1. The van der Waals surface area contributed by atoms with Gasteiger partial charge < -0.3 is 19.6 Å². The smallest absolute Gasteiger partial charge is 0.426 e. The Labute approximate surface area is 128 Å². The van der Waals surface area contributed by atoms with Gasteiger partial charge in [-0.2, -0.15) is 0 Å². The summed E-state index contributed by atoms with van der Waals surface area (Å²) in [6, 6.07) is 4.82. The van der Waals surface area contributed by atoms with Crippen molar-refractivity contribution in [1.29, 1.82) is 0 Å². The molecule has 2 aromatic rings. The van der Waals surface area contributed by atoms with Crippen molar-refractivity contribution >= 4 is 17.8 Å². The van der Waals surface area contributed by atoms with Crippen LogP contribution in [-0.2, 0) is 11.3 Å². The molecule has 11 heteroatoms. The number of nitro benzene ring substituents is 1. The average molecular weight is 322 g/mol. The highest BCUT2D eigenvalue weighted by Crippen LogP contribution is 2.18. The maximum absolute atomic E-state index is 11.5. The molecule has 23 heavy (non-hydrogen) atoms. The van der Waals surface area contributed by atoms with Gasteiger partial charge in [0.25, 0.3) is 5.69 Å². The molecule has 120 valence electrons. The minimum Gasteiger partial charge on any atom is -0.426 e. The lowest BCUT2D eigenvalue weighted by molar-refractivity contribution is -0.393. The van der Waals surface area contributed by atoms with Crippen molar-refractivity contribution in [3.63, 3.8) is 0 Å². The van der Waals surface area contributed by atoms with E-state index in [-0.39, 0.29) is 23.7 Å². The molecule has 0 radical (unpaired) electrons. The van der Waals surface area contributed by atoms with Crippen LogP contribution in [0, 0.1) is 27.2 Å². The predicted octanol–water partition coefficient (Wildman–Crippen LogP) is 2.25. The number of hydrogen-bond donors (Lipinski definition) is 1. The predicted molar refractivity (Wildman–Crippen MR) is 73.9 cm³/mol. The molecule has 0 aliphatic heterocycles. The lowest BCUT2D eigenvalue weighted by Gasteiger charge is -2.03. The highest BCUT2D eigenvalue weighted by Gasteiger charge is 2.19. The van der Waals surface area contributed by atoms with Gasteiger partial charge in [-0.15, -0.1) is 0 Å². The van der Waals surface area contributed by atoms with E-state index in [1.165, 1.54) is 24.3 Å². The van der Waals surface area contributed by atoms with Gasteiger partial charge in [-0.1, -0.05) is 4.98 Å². The SMILES string of the molecule is Cc1[nH]c([N+](=O)[O-])nc1COC(=O)Oc1ccc([N+](=O)[O-])cc1. The van der Waals surface area contributed by atoms with Crippen LogP contribution in [-0.4, -0.2) is 26.0 Å². The van der Waals surface area contributed by atoms with Crippen LogP contribution in [0.25, 0.3) is 0 Å². The first kappa shape index (κ1) is 15.9. The van der Waals surface area contributed by atoms with Gasteiger partial charge in [0.1, 0.15) is 11.4 Å². The van der Waals surface area contributed by atoms with Gasteiger partial charge in [0.15, 0.2) is 12.3 Å². The lowest BCUT2D eigenvalue weighted by Crippen LogP contribution is -2.11. The van der Waals surface area contributed by atoms with E-state index in [4.69, 9.17) is 9.47 Å².